The molecule has 0 saturated carbocycles. The van der Waals surface area contributed by atoms with Crippen LogP contribution in [0.4, 0.5) is 0 Å². The van der Waals surface area contributed by atoms with Crippen LogP contribution in [0.25, 0.3) is 0 Å². The molecule has 0 rings (SSSR count). The van der Waals surface area contributed by atoms with E-state index in [1.165, 1.54) is 38.5 Å². The summed E-state index contributed by atoms with van der Waals surface area (Å²) in [5, 5.41) is 8.65. The lowest BCUT2D eigenvalue weighted by Crippen LogP contribution is -1.91. The fourth-order valence-corrected chi connectivity index (χ4v) is 1.38. The van der Waals surface area contributed by atoms with Gasteiger partial charge in [0.05, 0.1) is 12.0 Å². The molecule has 0 saturated heterocycles. The number of hydrogen-bond donors (Lipinski definition) is 0. The van der Waals surface area contributed by atoms with Crippen molar-refractivity contribution in [1.29, 1.82) is 5.26 Å². The molecule has 0 aliphatic heterocycles. The predicted molar refractivity (Wildman–Crippen MR) is 57.3 cm³/mol. The normalized spacial score (nSPS) is 12.0. The Hall–Kier alpha value is -0.770. The van der Waals surface area contributed by atoms with E-state index in [1.54, 1.807) is 6.08 Å². The topological polar surface area (TPSA) is 23.8 Å². The molecule has 0 aromatic heterocycles. The van der Waals surface area contributed by atoms with Crippen LogP contribution in [-0.2, 0) is 0 Å². The second-order valence-electron chi connectivity index (χ2n) is 3.53. The molecule has 0 fully saturated rings. The number of rotatable bonds is 8. The Morgan fingerprint density at radius 2 is 1.85 bits per heavy atom. The molecule has 0 aliphatic carbocycles. The minimum atomic E-state index is 0.0752. The standard InChI is InChI=1S/C12H21N/c1-3-5-6-7-8-9-10-12(4-2)11-13/h4,12H,2-3,5-10H2,1H3. The van der Waals surface area contributed by atoms with E-state index in [1.807, 2.05) is 0 Å². The van der Waals surface area contributed by atoms with Gasteiger partial charge in [-0.2, -0.15) is 5.26 Å². The molecule has 0 heterocycles. The van der Waals surface area contributed by atoms with E-state index in [2.05, 4.69) is 19.6 Å². The molecule has 0 aliphatic rings. The summed E-state index contributed by atoms with van der Waals surface area (Å²) in [5.41, 5.74) is 0. The Labute approximate surface area is 82.5 Å². The van der Waals surface area contributed by atoms with Gasteiger partial charge < -0.3 is 0 Å². The molecule has 1 heteroatoms. The fraction of sp³-hybridized carbons (Fsp3) is 0.750. The summed E-state index contributed by atoms with van der Waals surface area (Å²) in [7, 11) is 0. The van der Waals surface area contributed by atoms with E-state index >= 15 is 0 Å². The quantitative estimate of drug-likeness (QED) is 0.407. The zero-order chi connectivity index (χ0) is 9.94. The maximum absolute atomic E-state index is 8.65. The molecule has 0 radical (unpaired) electrons. The van der Waals surface area contributed by atoms with E-state index in [-0.39, 0.29) is 5.92 Å². The lowest BCUT2D eigenvalue weighted by molar-refractivity contribution is 0.567. The Balaban J connectivity index is 3.16. The smallest absolute Gasteiger partial charge is 0.0697 e. The molecule has 1 nitrogen and oxygen atoms in total. The Kier molecular flexibility index (Phi) is 8.77. The minimum absolute atomic E-state index is 0.0752. The molecular formula is C12H21N. The van der Waals surface area contributed by atoms with Gasteiger partial charge in [0.1, 0.15) is 0 Å². The first-order chi connectivity index (χ1) is 6.35. The Morgan fingerprint density at radius 1 is 1.23 bits per heavy atom. The first kappa shape index (κ1) is 12.2. The van der Waals surface area contributed by atoms with E-state index < -0.39 is 0 Å². The van der Waals surface area contributed by atoms with Crippen molar-refractivity contribution in [3.05, 3.63) is 12.7 Å². The van der Waals surface area contributed by atoms with Gasteiger partial charge >= 0.3 is 0 Å². The highest BCUT2D eigenvalue weighted by Gasteiger charge is 2.00. The largest absolute Gasteiger partial charge is 0.198 e. The van der Waals surface area contributed by atoms with Crippen LogP contribution in [-0.4, -0.2) is 0 Å². The maximum Gasteiger partial charge on any atom is 0.0697 e. The van der Waals surface area contributed by atoms with Crippen LogP contribution in [0.2, 0.25) is 0 Å². The summed E-state index contributed by atoms with van der Waals surface area (Å²) in [6.45, 7) is 5.86. The number of nitrogens with zero attached hydrogens (tertiary/aromatic N) is 1. The highest BCUT2D eigenvalue weighted by molar-refractivity contribution is 4.94. The summed E-state index contributed by atoms with van der Waals surface area (Å²) in [4.78, 5) is 0. The van der Waals surface area contributed by atoms with Crippen molar-refractivity contribution >= 4 is 0 Å². The molecule has 13 heavy (non-hydrogen) atoms. The van der Waals surface area contributed by atoms with Gasteiger partial charge in [0.25, 0.3) is 0 Å². The van der Waals surface area contributed by atoms with Crippen molar-refractivity contribution in [3.63, 3.8) is 0 Å². The summed E-state index contributed by atoms with van der Waals surface area (Å²) in [6, 6.07) is 2.24. The van der Waals surface area contributed by atoms with Crippen molar-refractivity contribution in [2.45, 2.75) is 51.9 Å². The van der Waals surface area contributed by atoms with Crippen LogP contribution < -0.4 is 0 Å². The molecule has 0 aromatic carbocycles. The third-order valence-corrected chi connectivity index (χ3v) is 2.32. The van der Waals surface area contributed by atoms with Gasteiger partial charge in [0.15, 0.2) is 0 Å². The van der Waals surface area contributed by atoms with Crippen LogP contribution in [0.1, 0.15) is 51.9 Å². The second-order valence-corrected chi connectivity index (χ2v) is 3.53. The minimum Gasteiger partial charge on any atom is -0.198 e. The lowest BCUT2D eigenvalue weighted by Gasteiger charge is -2.02. The van der Waals surface area contributed by atoms with E-state index in [0.29, 0.717) is 0 Å². The Bertz CT molecular complexity index is 155. The SMILES string of the molecule is C=CC(C#N)CCCCCCCC. The number of unbranched alkanes of at least 4 members (excludes halogenated alkanes) is 5. The van der Waals surface area contributed by atoms with Crippen molar-refractivity contribution < 1.29 is 0 Å². The third kappa shape index (κ3) is 7.59. The van der Waals surface area contributed by atoms with Crippen molar-refractivity contribution in [1.82, 2.24) is 0 Å². The zero-order valence-electron chi connectivity index (χ0n) is 8.76. The average molecular weight is 179 g/mol. The number of hydrogen-bond acceptors (Lipinski definition) is 1. The van der Waals surface area contributed by atoms with Crippen LogP contribution in [0, 0.1) is 17.2 Å². The monoisotopic (exact) mass is 179 g/mol. The van der Waals surface area contributed by atoms with E-state index in [4.69, 9.17) is 5.26 Å². The molecule has 74 valence electrons. The van der Waals surface area contributed by atoms with Gasteiger partial charge in [-0.1, -0.05) is 51.5 Å². The third-order valence-electron chi connectivity index (χ3n) is 2.32. The highest BCUT2D eigenvalue weighted by Crippen LogP contribution is 2.12. The maximum atomic E-state index is 8.65. The lowest BCUT2D eigenvalue weighted by atomic mass is 10.0. The molecule has 1 atom stereocenters. The van der Waals surface area contributed by atoms with Gasteiger partial charge in [-0.25, -0.2) is 0 Å². The van der Waals surface area contributed by atoms with Crippen molar-refractivity contribution in [2.75, 3.05) is 0 Å². The van der Waals surface area contributed by atoms with Gasteiger partial charge in [-0.3, -0.25) is 0 Å². The zero-order valence-corrected chi connectivity index (χ0v) is 8.76. The van der Waals surface area contributed by atoms with Gasteiger partial charge in [-0.15, -0.1) is 6.58 Å². The van der Waals surface area contributed by atoms with Crippen molar-refractivity contribution in [3.8, 4) is 6.07 Å². The molecule has 0 amide bonds. The molecule has 0 aromatic rings. The van der Waals surface area contributed by atoms with Gasteiger partial charge in [0.2, 0.25) is 0 Å². The molecule has 0 bridgehead atoms. The highest BCUT2D eigenvalue weighted by atomic mass is 14.3. The predicted octanol–water partition coefficient (Wildman–Crippen LogP) is 4.06. The average Bonchev–Trinajstić information content (AvgIpc) is 2.17. The molecule has 0 spiro atoms. The summed E-state index contributed by atoms with van der Waals surface area (Å²) < 4.78 is 0. The molecule has 1 unspecified atom stereocenters. The van der Waals surface area contributed by atoms with Crippen LogP contribution in [0.15, 0.2) is 12.7 Å². The van der Waals surface area contributed by atoms with E-state index in [9.17, 15) is 0 Å². The van der Waals surface area contributed by atoms with Gasteiger partial charge in [-0.05, 0) is 6.42 Å². The van der Waals surface area contributed by atoms with Crippen LogP contribution >= 0.6 is 0 Å². The molecule has 0 N–H and O–H groups in total. The second kappa shape index (κ2) is 9.32. The molecular weight excluding hydrogens is 158 g/mol. The fourth-order valence-electron chi connectivity index (χ4n) is 1.38. The first-order valence-electron chi connectivity index (χ1n) is 5.37. The Morgan fingerprint density at radius 3 is 2.38 bits per heavy atom. The van der Waals surface area contributed by atoms with E-state index in [0.717, 1.165) is 6.42 Å². The number of nitriles is 1. The van der Waals surface area contributed by atoms with Crippen LogP contribution in [0.5, 0.6) is 0 Å². The van der Waals surface area contributed by atoms with Crippen LogP contribution in [0.3, 0.4) is 0 Å². The number of allylic oxidation sites excluding steroid dienone is 1. The summed E-state index contributed by atoms with van der Waals surface area (Å²) in [6.07, 6.45) is 10.5. The van der Waals surface area contributed by atoms with Gasteiger partial charge in [0, 0.05) is 0 Å². The summed E-state index contributed by atoms with van der Waals surface area (Å²) in [5.74, 6) is 0.0752. The van der Waals surface area contributed by atoms with Crippen molar-refractivity contribution in [2.24, 2.45) is 5.92 Å². The summed E-state index contributed by atoms with van der Waals surface area (Å²) >= 11 is 0. The first-order valence-corrected chi connectivity index (χ1v) is 5.37.